The summed E-state index contributed by atoms with van der Waals surface area (Å²) in [4.78, 5) is 0. The predicted octanol–water partition coefficient (Wildman–Crippen LogP) is 3.24. The summed E-state index contributed by atoms with van der Waals surface area (Å²) in [6, 6.07) is 1.20. The summed E-state index contributed by atoms with van der Waals surface area (Å²) in [5, 5.41) is 0. The monoisotopic (exact) mass is 194 g/mol. The maximum absolute atomic E-state index is 2.53. The van der Waals surface area contributed by atoms with E-state index in [0.29, 0.717) is 18.0 Å². The van der Waals surface area contributed by atoms with Gasteiger partial charge >= 0.3 is 0 Å². The van der Waals surface area contributed by atoms with E-state index in [9.17, 15) is 0 Å². The third-order valence-electron chi connectivity index (χ3n) is 3.41. The molecule has 1 unspecified atom stereocenters. The van der Waals surface area contributed by atoms with Crippen LogP contribution in [0.4, 0.5) is 0 Å². The second-order valence-electron chi connectivity index (χ2n) is 5.00. The Balaban J connectivity index is 3.12. The van der Waals surface area contributed by atoms with Crippen LogP contribution in [-0.2, 0) is 0 Å². The fourth-order valence-electron chi connectivity index (χ4n) is 2.91. The van der Waals surface area contributed by atoms with Crippen molar-refractivity contribution in [3.05, 3.63) is 11.1 Å². The SMILES string of the molecule is CC1=C(C(C)C)C(C)[N+](C(C)C)=C1C. The van der Waals surface area contributed by atoms with Gasteiger partial charge in [-0.1, -0.05) is 13.8 Å². The molecular formula is C13H24N+. The van der Waals surface area contributed by atoms with E-state index in [4.69, 9.17) is 0 Å². The zero-order valence-electron chi connectivity index (χ0n) is 10.7. The van der Waals surface area contributed by atoms with E-state index in [1.165, 1.54) is 11.3 Å². The molecule has 0 amide bonds. The summed E-state index contributed by atoms with van der Waals surface area (Å²) in [5.41, 5.74) is 4.61. The van der Waals surface area contributed by atoms with Gasteiger partial charge in [0.2, 0.25) is 0 Å². The van der Waals surface area contributed by atoms with Crippen LogP contribution in [-0.4, -0.2) is 22.4 Å². The van der Waals surface area contributed by atoms with Crippen molar-refractivity contribution in [3.8, 4) is 0 Å². The molecule has 0 aliphatic carbocycles. The molecule has 0 aromatic carbocycles. The van der Waals surface area contributed by atoms with E-state index >= 15 is 0 Å². The van der Waals surface area contributed by atoms with Gasteiger partial charge in [-0.05, 0) is 26.7 Å². The highest BCUT2D eigenvalue weighted by molar-refractivity contribution is 5.96. The fourth-order valence-corrected chi connectivity index (χ4v) is 2.91. The summed E-state index contributed by atoms with van der Waals surface area (Å²) < 4.78 is 2.53. The first-order valence-electron chi connectivity index (χ1n) is 5.70. The molecule has 0 N–H and O–H groups in total. The van der Waals surface area contributed by atoms with E-state index < -0.39 is 0 Å². The van der Waals surface area contributed by atoms with Crippen molar-refractivity contribution in [2.24, 2.45) is 5.92 Å². The Morgan fingerprint density at radius 2 is 1.57 bits per heavy atom. The molecule has 14 heavy (non-hydrogen) atoms. The molecule has 1 nitrogen and oxygen atoms in total. The standard InChI is InChI=1S/C13H24N/c1-8(2)13-10(5)11(6)14(9(3)4)12(13)7/h8-9,12H,1-7H3/q+1. The van der Waals surface area contributed by atoms with Gasteiger partial charge < -0.3 is 0 Å². The van der Waals surface area contributed by atoms with Crippen LogP contribution in [0.3, 0.4) is 0 Å². The normalized spacial score (nSPS) is 23.4. The molecule has 0 saturated heterocycles. The second kappa shape index (κ2) is 3.88. The Bertz CT molecular complexity index is 262. The minimum atomic E-state index is 0.593. The highest BCUT2D eigenvalue weighted by Crippen LogP contribution is 2.28. The van der Waals surface area contributed by atoms with Crippen LogP contribution >= 0.6 is 0 Å². The second-order valence-corrected chi connectivity index (χ2v) is 5.00. The molecule has 0 saturated carbocycles. The van der Waals surface area contributed by atoms with Crippen LogP contribution in [0.15, 0.2) is 11.1 Å². The number of rotatable bonds is 2. The third-order valence-corrected chi connectivity index (χ3v) is 3.41. The molecule has 0 radical (unpaired) electrons. The van der Waals surface area contributed by atoms with Gasteiger partial charge in [0, 0.05) is 25.0 Å². The lowest BCUT2D eigenvalue weighted by molar-refractivity contribution is -0.579. The van der Waals surface area contributed by atoms with Crippen LogP contribution in [0.1, 0.15) is 48.5 Å². The third kappa shape index (κ3) is 1.65. The number of hydrogen-bond donors (Lipinski definition) is 0. The van der Waals surface area contributed by atoms with Crippen LogP contribution in [0.2, 0.25) is 0 Å². The zero-order valence-corrected chi connectivity index (χ0v) is 10.7. The van der Waals surface area contributed by atoms with Crippen LogP contribution in [0.5, 0.6) is 0 Å². The van der Waals surface area contributed by atoms with E-state index in [1.807, 2.05) is 0 Å². The Kier molecular flexibility index (Phi) is 3.18. The van der Waals surface area contributed by atoms with Crippen LogP contribution in [0.25, 0.3) is 0 Å². The van der Waals surface area contributed by atoms with Gasteiger partial charge in [0.15, 0.2) is 11.8 Å². The highest BCUT2D eigenvalue weighted by Gasteiger charge is 2.35. The minimum absolute atomic E-state index is 0.593. The van der Waals surface area contributed by atoms with Crippen molar-refractivity contribution in [3.63, 3.8) is 0 Å². The van der Waals surface area contributed by atoms with Crippen molar-refractivity contribution >= 4 is 5.71 Å². The van der Waals surface area contributed by atoms with Crippen molar-refractivity contribution in [1.29, 1.82) is 0 Å². The van der Waals surface area contributed by atoms with Crippen molar-refractivity contribution in [2.75, 3.05) is 0 Å². The molecule has 1 aliphatic rings. The first-order chi connectivity index (χ1) is 6.37. The van der Waals surface area contributed by atoms with E-state index in [-0.39, 0.29) is 0 Å². The maximum Gasteiger partial charge on any atom is 0.176 e. The van der Waals surface area contributed by atoms with E-state index in [1.54, 1.807) is 5.57 Å². The molecule has 1 aliphatic heterocycles. The van der Waals surface area contributed by atoms with Crippen LogP contribution in [0, 0.1) is 5.92 Å². The molecule has 1 atom stereocenters. The first kappa shape index (κ1) is 11.5. The van der Waals surface area contributed by atoms with Gasteiger partial charge in [-0.2, -0.15) is 0 Å². The number of nitrogens with zero attached hydrogens (tertiary/aromatic N) is 1. The molecule has 1 heterocycles. The fraction of sp³-hybridized carbons (Fsp3) is 0.769. The van der Waals surface area contributed by atoms with Crippen molar-refractivity contribution in [1.82, 2.24) is 0 Å². The Hall–Kier alpha value is -0.590. The molecular weight excluding hydrogens is 170 g/mol. The van der Waals surface area contributed by atoms with Gasteiger partial charge in [0.25, 0.3) is 0 Å². The van der Waals surface area contributed by atoms with Gasteiger partial charge in [0.1, 0.15) is 6.04 Å². The lowest BCUT2D eigenvalue weighted by atomic mass is 9.93. The zero-order chi connectivity index (χ0) is 11.0. The lowest BCUT2D eigenvalue weighted by Gasteiger charge is -2.15. The molecule has 80 valence electrons. The smallest absolute Gasteiger partial charge is 0.176 e. The van der Waals surface area contributed by atoms with Gasteiger partial charge in [-0.25, -0.2) is 4.58 Å². The average molecular weight is 194 g/mol. The van der Waals surface area contributed by atoms with Crippen molar-refractivity contribution in [2.45, 2.75) is 60.5 Å². The van der Waals surface area contributed by atoms with Gasteiger partial charge in [0.05, 0.1) is 0 Å². The Morgan fingerprint density at radius 1 is 1.07 bits per heavy atom. The number of allylic oxidation sites excluding steroid dienone is 1. The Morgan fingerprint density at radius 3 is 1.79 bits per heavy atom. The van der Waals surface area contributed by atoms with Gasteiger partial charge in [-0.15, -0.1) is 0 Å². The summed E-state index contributed by atoms with van der Waals surface area (Å²) >= 11 is 0. The molecule has 1 heteroatoms. The Labute approximate surface area is 88.5 Å². The summed E-state index contributed by atoms with van der Waals surface area (Å²) in [6.07, 6.45) is 0. The number of hydrogen-bond acceptors (Lipinski definition) is 0. The highest BCUT2D eigenvalue weighted by atomic mass is 15.1. The molecule has 0 aromatic rings. The average Bonchev–Trinajstić information content (AvgIpc) is 2.23. The quantitative estimate of drug-likeness (QED) is 0.594. The predicted molar refractivity (Wildman–Crippen MR) is 63.1 cm³/mol. The van der Waals surface area contributed by atoms with Crippen molar-refractivity contribution < 1.29 is 4.58 Å². The maximum atomic E-state index is 2.53. The summed E-state index contributed by atoms with van der Waals surface area (Å²) in [5.74, 6) is 0.670. The first-order valence-corrected chi connectivity index (χ1v) is 5.70. The molecule has 0 fully saturated rings. The summed E-state index contributed by atoms with van der Waals surface area (Å²) in [7, 11) is 0. The molecule has 0 bridgehead atoms. The van der Waals surface area contributed by atoms with Gasteiger partial charge in [-0.3, -0.25) is 0 Å². The van der Waals surface area contributed by atoms with E-state index in [2.05, 4.69) is 53.0 Å². The molecule has 0 aromatic heterocycles. The van der Waals surface area contributed by atoms with E-state index in [0.717, 1.165) is 0 Å². The molecule has 0 spiro atoms. The van der Waals surface area contributed by atoms with Crippen LogP contribution < -0.4 is 0 Å². The summed E-state index contributed by atoms with van der Waals surface area (Å²) in [6.45, 7) is 16.0. The topological polar surface area (TPSA) is 3.01 Å². The minimum Gasteiger partial charge on any atom is -0.225 e. The molecule has 1 rings (SSSR count). The lowest BCUT2D eigenvalue weighted by Crippen LogP contribution is -2.31. The largest absolute Gasteiger partial charge is 0.225 e.